The second-order valence-electron chi connectivity index (χ2n) is 4.44. The van der Waals surface area contributed by atoms with Gasteiger partial charge in [-0.15, -0.1) is 11.3 Å². The fourth-order valence-electron chi connectivity index (χ4n) is 1.94. The highest BCUT2D eigenvalue weighted by Crippen LogP contribution is 2.29. The molecule has 0 saturated heterocycles. The van der Waals surface area contributed by atoms with Crippen molar-refractivity contribution in [3.63, 3.8) is 0 Å². The van der Waals surface area contributed by atoms with E-state index in [1.54, 1.807) is 11.3 Å². The van der Waals surface area contributed by atoms with Gasteiger partial charge in [-0.25, -0.2) is 4.98 Å². The van der Waals surface area contributed by atoms with Gasteiger partial charge >= 0.3 is 0 Å². The van der Waals surface area contributed by atoms with Gasteiger partial charge < -0.3 is 10.6 Å². The van der Waals surface area contributed by atoms with Crippen molar-refractivity contribution in [3.05, 3.63) is 45.8 Å². The third-order valence-electron chi connectivity index (χ3n) is 3.19. The lowest BCUT2D eigenvalue weighted by molar-refractivity contribution is 0.733. The highest BCUT2D eigenvalue weighted by molar-refractivity contribution is 7.10. The Morgan fingerprint density at radius 1 is 1.39 bits per heavy atom. The molecule has 0 spiro atoms. The number of hydrogen-bond donors (Lipinski definition) is 1. The molecule has 2 N–H and O–H groups in total. The summed E-state index contributed by atoms with van der Waals surface area (Å²) in [7, 11) is 2.07. The van der Waals surface area contributed by atoms with Crippen molar-refractivity contribution in [2.75, 3.05) is 11.9 Å². The Morgan fingerprint density at radius 2 is 2.17 bits per heavy atom. The average Bonchev–Trinajstić information content (AvgIpc) is 2.90. The van der Waals surface area contributed by atoms with Crippen LogP contribution in [0.25, 0.3) is 0 Å². The molecule has 96 valence electrons. The number of pyridine rings is 1. The molecule has 3 nitrogen and oxygen atoms in total. The maximum Gasteiger partial charge on any atom is 0.133 e. The van der Waals surface area contributed by atoms with Gasteiger partial charge in [0.15, 0.2) is 0 Å². The Balaban J connectivity index is 2.33. The largest absolute Gasteiger partial charge is 0.352 e. The summed E-state index contributed by atoms with van der Waals surface area (Å²) in [4.78, 5) is 8.16. The van der Waals surface area contributed by atoms with Crippen LogP contribution in [0, 0.1) is 6.92 Å². The zero-order chi connectivity index (χ0) is 13.1. The van der Waals surface area contributed by atoms with Crippen molar-refractivity contribution in [2.24, 2.45) is 5.73 Å². The summed E-state index contributed by atoms with van der Waals surface area (Å²) in [5.74, 6) is 0.985. The molecule has 2 heterocycles. The Kier molecular flexibility index (Phi) is 3.99. The zero-order valence-corrected chi connectivity index (χ0v) is 11.9. The predicted molar refractivity (Wildman–Crippen MR) is 78.0 cm³/mol. The Bertz CT molecular complexity index is 508. The third-order valence-corrected chi connectivity index (χ3v) is 4.23. The number of rotatable bonds is 4. The topological polar surface area (TPSA) is 42.1 Å². The highest BCUT2D eigenvalue weighted by atomic mass is 32.1. The van der Waals surface area contributed by atoms with E-state index in [9.17, 15) is 0 Å². The Hall–Kier alpha value is -1.39. The van der Waals surface area contributed by atoms with Crippen LogP contribution in [0.1, 0.15) is 29.1 Å². The molecule has 0 radical (unpaired) electrons. The van der Waals surface area contributed by atoms with Crippen LogP contribution in [0.3, 0.4) is 0 Å². The second-order valence-corrected chi connectivity index (χ2v) is 5.42. The van der Waals surface area contributed by atoms with Crippen molar-refractivity contribution in [3.8, 4) is 0 Å². The molecule has 2 aromatic rings. The van der Waals surface area contributed by atoms with E-state index < -0.39 is 0 Å². The van der Waals surface area contributed by atoms with E-state index in [0.717, 1.165) is 17.1 Å². The number of anilines is 1. The van der Waals surface area contributed by atoms with Gasteiger partial charge in [-0.3, -0.25) is 0 Å². The van der Waals surface area contributed by atoms with Crippen LogP contribution >= 0.6 is 11.3 Å². The van der Waals surface area contributed by atoms with Gasteiger partial charge in [0, 0.05) is 29.7 Å². The number of thiophene rings is 1. The van der Waals surface area contributed by atoms with Gasteiger partial charge in [0.05, 0.1) is 6.04 Å². The van der Waals surface area contributed by atoms with Gasteiger partial charge in [0.25, 0.3) is 0 Å². The number of nitrogens with zero attached hydrogens (tertiary/aromatic N) is 2. The third kappa shape index (κ3) is 2.54. The smallest absolute Gasteiger partial charge is 0.133 e. The number of nitrogens with two attached hydrogens (primary N) is 1. The van der Waals surface area contributed by atoms with E-state index in [1.165, 1.54) is 4.88 Å². The minimum absolute atomic E-state index is 0.310. The average molecular weight is 261 g/mol. The summed E-state index contributed by atoms with van der Waals surface area (Å²) < 4.78 is 0. The van der Waals surface area contributed by atoms with Crippen molar-refractivity contribution in [1.82, 2.24) is 4.98 Å². The van der Waals surface area contributed by atoms with Crippen molar-refractivity contribution in [2.45, 2.75) is 26.4 Å². The molecule has 2 rings (SSSR count). The summed E-state index contributed by atoms with van der Waals surface area (Å²) in [6, 6.07) is 8.62. The SMILES string of the molecule is Cc1ccc(CN)c(N(C)C(C)c2cccs2)n1. The van der Waals surface area contributed by atoms with Crippen LogP contribution in [0.5, 0.6) is 0 Å². The van der Waals surface area contributed by atoms with E-state index in [0.29, 0.717) is 12.6 Å². The predicted octanol–water partition coefficient (Wildman–Crippen LogP) is 3.11. The van der Waals surface area contributed by atoms with E-state index in [4.69, 9.17) is 5.73 Å². The fourth-order valence-corrected chi connectivity index (χ4v) is 2.77. The molecule has 18 heavy (non-hydrogen) atoms. The first-order chi connectivity index (χ1) is 8.63. The van der Waals surface area contributed by atoms with E-state index in [-0.39, 0.29) is 0 Å². The molecule has 0 saturated carbocycles. The summed E-state index contributed by atoms with van der Waals surface area (Å²) in [6.07, 6.45) is 0. The monoisotopic (exact) mass is 261 g/mol. The van der Waals surface area contributed by atoms with Crippen LogP contribution in [0.2, 0.25) is 0 Å². The lowest BCUT2D eigenvalue weighted by Crippen LogP contribution is -2.24. The molecule has 0 aromatic carbocycles. The molecule has 4 heteroatoms. The zero-order valence-electron chi connectivity index (χ0n) is 11.1. The minimum atomic E-state index is 0.310. The van der Waals surface area contributed by atoms with Crippen molar-refractivity contribution < 1.29 is 0 Å². The lowest BCUT2D eigenvalue weighted by atomic mass is 10.2. The van der Waals surface area contributed by atoms with E-state index in [1.807, 2.05) is 13.0 Å². The molecule has 2 aromatic heterocycles. The quantitative estimate of drug-likeness (QED) is 0.919. The number of hydrogen-bond acceptors (Lipinski definition) is 4. The van der Waals surface area contributed by atoms with Gasteiger partial charge in [0.2, 0.25) is 0 Å². The van der Waals surface area contributed by atoms with Crippen LogP contribution < -0.4 is 10.6 Å². The Labute approximate surface area is 112 Å². The van der Waals surface area contributed by atoms with Crippen LogP contribution in [0.15, 0.2) is 29.6 Å². The molecule has 0 aliphatic rings. The minimum Gasteiger partial charge on any atom is -0.352 e. The molecule has 0 bridgehead atoms. The van der Waals surface area contributed by atoms with Crippen molar-refractivity contribution >= 4 is 17.2 Å². The summed E-state index contributed by atoms with van der Waals surface area (Å²) >= 11 is 1.77. The molecule has 1 unspecified atom stereocenters. The van der Waals surface area contributed by atoms with Crippen LogP contribution in [-0.2, 0) is 6.54 Å². The van der Waals surface area contributed by atoms with E-state index >= 15 is 0 Å². The van der Waals surface area contributed by atoms with Crippen molar-refractivity contribution in [1.29, 1.82) is 0 Å². The molecule has 0 aliphatic carbocycles. The van der Waals surface area contributed by atoms with Gasteiger partial charge in [-0.1, -0.05) is 12.1 Å². The van der Waals surface area contributed by atoms with E-state index in [2.05, 4.69) is 47.4 Å². The highest BCUT2D eigenvalue weighted by Gasteiger charge is 2.17. The maximum atomic E-state index is 5.79. The van der Waals surface area contributed by atoms with Gasteiger partial charge in [0.1, 0.15) is 5.82 Å². The first kappa shape index (κ1) is 13.1. The number of aryl methyl sites for hydroxylation is 1. The number of aromatic nitrogens is 1. The van der Waals surface area contributed by atoms with Crippen LogP contribution in [0.4, 0.5) is 5.82 Å². The molecule has 0 aliphatic heterocycles. The summed E-state index contributed by atoms with van der Waals surface area (Å²) in [5.41, 5.74) is 7.90. The van der Waals surface area contributed by atoms with Gasteiger partial charge in [-0.2, -0.15) is 0 Å². The van der Waals surface area contributed by atoms with Gasteiger partial charge in [-0.05, 0) is 31.4 Å². The summed E-state index contributed by atoms with van der Waals surface area (Å²) in [6.45, 7) is 4.72. The van der Waals surface area contributed by atoms with Crippen LogP contribution in [-0.4, -0.2) is 12.0 Å². The second kappa shape index (κ2) is 5.50. The molecular weight excluding hydrogens is 242 g/mol. The molecule has 0 amide bonds. The standard InChI is InChI=1S/C14H19N3S/c1-10-6-7-12(9-15)14(16-10)17(3)11(2)13-5-4-8-18-13/h4-8,11H,9,15H2,1-3H3. The molecular formula is C14H19N3S. The fraction of sp³-hybridized carbons (Fsp3) is 0.357. The maximum absolute atomic E-state index is 5.79. The Morgan fingerprint density at radius 3 is 2.78 bits per heavy atom. The first-order valence-electron chi connectivity index (χ1n) is 6.06. The molecule has 0 fully saturated rings. The summed E-state index contributed by atoms with van der Waals surface area (Å²) in [5, 5.41) is 2.10. The normalized spacial score (nSPS) is 12.4. The molecule has 1 atom stereocenters. The first-order valence-corrected chi connectivity index (χ1v) is 6.94. The lowest BCUT2D eigenvalue weighted by Gasteiger charge is -2.27.